The summed E-state index contributed by atoms with van der Waals surface area (Å²) in [5.74, 6) is 1.44. The highest BCUT2D eigenvalue weighted by atomic mass is 14.5. The first kappa shape index (κ1) is 7.08. The Balaban J connectivity index is 2.14. The standard InChI is InChI=1S/C10H15N/c11-10-7-3-5-8-4-1-2-6-9(8)10/h3,7-9,11H,1-2,4-6H2. The molecule has 0 bridgehead atoms. The molecule has 2 atom stereocenters. The minimum Gasteiger partial charge on any atom is -0.305 e. The molecule has 1 N–H and O–H groups in total. The number of rotatable bonds is 0. The van der Waals surface area contributed by atoms with E-state index in [1.54, 1.807) is 0 Å². The number of hydrogen-bond donors (Lipinski definition) is 1. The molecule has 0 spiro atoms. The van der Waals surface area contributed by atoms with Gasteiger partial charge in [0.1, 0.15) is 0 Å². The second kappa shape index (κ2) is 2.80. The Kier molecular flexibility index (Phi) is 1.80. The molecule has 0 aliphatic heterocycles. The van der Waals surface area contributed by atoms with Crippen LogP contribution in [-0.2, 0) is 0 Å². The molecule has 1 fully saturated rings. The Hall–Kier alpha value is -0.590. The average molecular weight is 149 g/mol. The molecule has 1 saturated carbocycles. The molecule has 11 heavy (non-hydrogen) atoms. The van der Waals surface area contributed by atoms with E-state index in [1.807, 2.05) is 6.08 Å². The van der Waals surface area contributed by atoms with Crippen molar-refractivity contribution in [2.24, 2.45) is 11.8 Å². The van der Waals surface area contributed by atoms with Crippen molar-refractivity contribution < 1.29 is 0 Å². The Labute approximate surface area is 68.0 Å². The van der Waals surface area contributed by atoms with E-state index >= 15 is 0 Å². The lowest BCUT2D eigenvalue weighted by Gasteiger charge is -2.32. The Morgan fingerprint density at radius 3 is 2.91 bits per heavy atom. The fraction of sp³-hybridized carbons (Fsp3) is 0.700. The smallest absolute Gasteiger partial charge is 0.0344 e. The monoisotopic (exact) mass is 149 g/mol. The third-order valence-electron chi connectivity index (χ3n) is 3.04. The molecule has 0 aromatic heterocycles. The zero-order valence-electron chi connectivity index (χ0n) is 6.84. The Morgan fingerprint density at radius 1 is 1.27 bits per heavy atom. The van der Waals surface area contributed by atoms with Gasteiger partial charge >= 0.3 is 0 Å². The summed E-state index contributed by atoms with van der Waals surface area (Å²) in [4.78, 5) is 0. The first-order chi connectivity index (χ1) is 5.38. The van der Waals surface area contributed by atoms with Crippen LogP contribution >= 0.6 is 0 Å². The molecule has 2 unspecified atom stereocenters. The van der Waals surface area contributed by atoms with Crippen LogP contribution in [-0.4, -0.2) is 5.71 Å². The quantitative estimate of drug-likeness (QED) is 0.547. The minimum absolute atomic E-state index is 0.619. The van der Waals surface area contributed by atoms with Gasteiger partial charge in [0.25, 0.3) is 0 Å². The summed E-state index contributed by atoms with van der Waals surface area (Å²) in [6.07, 6.45) is 10.8. The zero-order chi connectivity index (χ0) is 7.68. The van der Waals surface area contributed by atoms with Gasteiger partial charge in [-0.1, -0.05) is 18.9 Å². The van der Waals surface area contributed by atoms with Gasteiger partial charge in [-0.3, -0.25) is 0 Å². The van der Waals surface area contributed by atoms with Crippen molar-refractivity contribution >= 4 is 5.71 Å². The fourth-order valence-electron chi connectivity index (χ4n) is 2.39. The summed E-state index contributed by atoms with van der Waals surface area (Å²) in [5, 5.41) is 7.73. The van der Waals surface area contributed by atoms with E-state index < -0.39 is 0 Å². The summed E-state index contributed by atoms with van der Waals surface area (Å²) in [5.41, 5.74) is 0.890. The zero-order valence-corrected chi connectivity index (χ0v) is 6.84. The predicted octanol–water partition coefficient (Wildman–Crippen LogP) is 2.77. The average Bonchev–Trinajstić information content (AvgIpc) is 2.06. The summed E-state index contributed by atoms with van der Waals surface area (Å²) < 4.78 is 0. The lowest BCUT2D eigenvalue weighted by molar-refractivity contribution is 0.299. The van der Waals surface area contributed by atoms with Gasteiger partial charge < -0.3 is 5.41 Å². The van der Waals surface area contributed by atoms with Gasteiger partial charge in [-0.25, -0.2) is 0 Å². The van der Waals surface area contributed by atoms with Gasteiger partial charge in [0.2, 0.25) is 0 Å². The van der Waals surface area contributed by atoms with Crippen molar-refractivity contribution in [2.75, 3.05) is 0 Å². The second-order valence-electron chi connectivity index (χ2n) is 3.74. The van der Waals surface area contributed by atoms with Gasteiger partial charge in [-0.2, -0.15) is 0 Å². The van der Waals surface area contributed by atoms with E-state index in [0.717, 1.165) is 11.6 Å². The molecule has 0 radical (unpaired) electrons. The minimum atomic E-state index is 0.619. The largest absolute Gasteiger partial charge is 0.305 e. The van der Waals surface area contributed by atoms with Crippen LogP contribution in [0.3, 0.4) is 0 Å². The van der Waals surface area contributed by atoms with Crippen LogP contribution < -0.4 is 0 Å². The summed E-state index contributed by atoms with van der Waals surface area (Å²) in [7, 11) is 0. The van der Waals surface area contributed by atoms with Crippen molar-refractivity contribution in [3.05, 3.63) is 12.2 Å². The molecule has 2 aliphatic carbocycles. The highest BCUT2D eigenvalue weighted by molar-refractivity contribution is 5.95. The summed E-state index contributed by atoms with van der Waals surface area (Å²) in [6.45, 7) is 0. The van der Waals surface area contributed by atoms with E-state index in [1.165, 1.54) is 32.1 Å². The first-order valence-corrected chi connectivity index (χ1v) is 4.63. The number of allylic oxidation sites excluding steroid dienone is 2. The molecule has 0 aromatic rings. The number of fused-ring (bicyclic) bond motifs is 1. The molecule has 1 nitrogen and oxygen atoms in total. The summed E-state index contributed by atoms with van der Waals surface area (Å²) in [6, 6.07) is 0. The maximum atomic E-state index is 7.73. The molecule has 0 saturated heterocycles. The van der Waals surface area contributed by atoms with Gasteiger partial charge in [-0.05, 0) is 31.3 Å². The molecule has 2 aliphatic rings. The van der Waals surface area contributed by atoms with Crippen molar-refractivity contribution in [1.29, 1.82) is 5.41 Å². The number of hydrogen-bond acceptors (Lipinski definition) is 1. The molecule has 1 heteroatoms. The van der Waals surface area contributed by atoms with Crippen molar-refractivity contribution in [3.8, 4) is 0 Å². The van der Waals surface area contributed by atoms with Gasteiger partial charge in [0, 0.05) is 11.6 Å². The third-order valence-corrected chi connectivity index (χ3v) is 3.04. The SMILES string of the molecule is N=C1C=CCC2CCCCC12. The summed E-state index contributed by atoms with van der Waals surface area (Å²) >= 11 is 0. The van der Waals surface area contributed by atoms with Crippen LogP contribution in [0.25, 0.3) is 0 Å². The van der Waals surface area contributed by atoms with Crippen LogP contribution in [0.1, 0.15) is 32.1 Å². The second-order valence-corrected chi connectivity index (χ2v) is 3.74. The van der Waals surface area contributed by atoms with E-state index in [0.29, 0.717) is 5.92 Å². The predicted molar refractivity (Wildman–Crippen MR) is 46.9 cm³/mol. The highest BCUT2D eigenvalue weighted by Gasteiger charge is 2.28. The van der Waals surface area contributed by atoms with Gasteiger partial charge in [-0.15, -0.1) is 0 Å². The van der Waals surface area contributed by atoms with Crippen molar-refractivity contribution in [3.63, 3.8) is 0 Å². The van der Waals surface area contributed by atoms with Gasteiger partial charge in [0.05, 0.1) is 0 Å². The molecule has 0 aromatic carbocycles. The van der Waals surface area contributed by atoms with Crippen molar-refractivity contribution in [2.45, 2.75) is 32.1 Å². The molecule has 0 amide bonds. The Bertz CT molecular complexity index is 193. The van der Waals surface area contributed by atoms with E-state index in [-0.39, 0.29) is 0 Å². The number of nitrogens with one attached hydrogen (secondary N) is 1. The third kappa shape index (κ3) is 1.24. The maximum Gasteiger partial charge on any atom is 0.0344 e. The van der Waals surface area contributed by atoms with Crippen LogP contribution in [0.15, 0.2) is 12.2 Å². The molecule has 0 heterocycles. The molecule has 60 valence electrons. The van der Waals surface area contributed by atoms with Crippen LogP contribution in [0.4, 0.5) is 0 Å². The molecule has 2 rings (SSSR count). The fourth-order valence-corrected chi connectivity index (χ4v) is 2.39. The molecular formula is C10H15N. The lowest BCUT2D eigenvalue weighted by Crippen LogP contribution is -2.27. The normalized spacial score (nSPS) is 36.9. The van der Waals surface area contributed by atoms with Crippen molar-refractivity contribution in [1.82, 2.24) is 0 Å². The van der Waals surface area contributed by atoms with Crippen LogP contribution in [0, 0.1) is 17.2 Å². The first-order valence-electron chi connectivity index (χ1n) is 4.63. The van der Waals surface area contributed by atoms with Crippen LogP contribution in [0.5, 0.6) is 0 Å². The van der Waals surface area contributed by atoms with Crippen LogP contribution in [0.2, 0.25) is 0 Å². The van der Waals surface area contributed by atoms with E-state index in [2.05, 4.69) is 6.08 Å². The highest BCUT2D eigenvalue weighted by Crippen LogP contribution is 2.35. The van der Waals surface area contributed by atoms with Gasteiger partial charge in [0.15, 0.2) is 0 Å². The molecular weight excluding hydrogens is 134 g/mol. The van der Waals surface area contributed by atoms with E-state index in [9.17, 15) is 0 Å². The maximum absolute atomic E-state index is 7.73. The topological polar surface area (TPSA) is 23.9 Å². The van der Waals surface area contributed by atoms with E-state index in [4.69, 9.17) is 5.41 Å². The lowest BCUT2D eigenvalue weighted by atomic mass is 9.72. The Morgan fingerprint density at radius 2 is 2.09 bits per heavy atom.